The van der Waals surface area contributed by atoms with E-state index in [1.54, 1.807) is 13.2 Å². The smallest absolute Gasteiger partial charge is 0.254 e. The lowest BCUT2D eigenvalue weighted by molar-refractivity contribution is 0.0944. The number of carbonyl (C=O) groups excluding carboxylic acids is 1. The van der Waals surface area contributed by atoms with E-state index in [0.29, 0.717) is 25.3 Å². The third-order valence-corrected chi connectivity index (χ3v) is 2.51. The van der Waals surface area contributed by atoms with Gasteiger partial charge in [-0.05, 0) is 26.3 Å². The summed E-state index contributed by atoms with van der Waals surface area (Å²) >= 11 is 0. The van der Waals surface area contributed by atoms with Crippen LogP contribution in [0.2, 0.25) is 0 Å². The zero-order chi connectivity index (χ0) is 13.4. The maximum atomic E-state index is 11.9. The molecule has 0 saturated carbocycles. The van der Waals surface area contributed by atoms with Crippen molar-refractivity contribution in [3.05, 3.63) is 23.5 Å². The number of hydrogen-bond acceptors (Lipinski definition) is 4. The summed E-state index contributed by atoms with van der Waals surface area (Å²) < 4.78 is 5.21. The molecular weight excluding hydrogens is 230 g/mol. The second kappa shape index (κ2) is 7.66. The van der Waals surface area contributed by atoms with Gasteiger partial charge in [-0.15, -0.1) is 0 Å². The molecule has 0 spiro atoms. The lowest BCUT2D eigenvalue weighted by Gasteiger charge is -2.10. The minimum Gasteiger partial charge on any atom is -0.387 e. The molecule has 0 aromatic carbocycles. The second-order valence-electron chi connectivity index (χ2n) is 3.93. The minimum atomic E-state index is -0.108. The summed E-state index contributed by atoms with van der Waals surface area (Å²) in [5.74, 6) is -0.108. The van der Waals surface area contributed by atoms with E-state index in [4.69, 9.17) is 4.74 Å². The molecule has 1 aromatic rings. The van der Waals surface area contributed by atoms with Gasteiger partial charge in [0, 0.05) is 38.7 Å². The fourth-order valence-corrected chi connectivity index (χ4v) is 1.56. The molecule has 0 radical (unpaired) electrons. The molecule has 18 heavy (non-hydrogen) atoms. The Bertz CT molecular complexity index is 394. The summed E-state index contributed by atoms with van der Waals surface area (Å²) in [6, 6.07) is 1.86. The van der Waals surface area contributed by atoms with Crippen molar-refractivity contribution in [2.45, 2.75) is 20.3 Å². The predicted octanol–water partition coefficient (Wildman–Crippen LogP) is 1.59. The van der Waals surface area contributed by atoms with Crippen LogP contribution in [0.25, 0.3) is 0 Å². The van der Waals surface area contributed by atoms with Crippen molar-refractivity contribution >= 4 is 11.6 Å². The van der Waals surface area contributed by atoms with E-state index in [1.165, 1.54) is 0 Å². The van der Waals surface area contributed by atoms with Gasteiger partial charge in [0.15, 0.2) is 0 Å². The van der Waals surface area contributed by atoms with Crippen LogP contribution in [-0.4, -0.2) is 37.7 Å². The van der Waals surface area contributed by atoms with E-state index >= 15 is 0 Å². The maximum absolute atomic E-state index is 11.9. The van der Waals surface area contributed by atoms with Crippen molar-refractivity contribution in [2.75, 3.05) is 32.1 Å². The topological polar surface area (TPSA) is 63.2 Å². The van der Waals surface area contributed by atoms with Crippen LogP contribution in [0, 0.1) is 6.92 Å². The molecular formula is C13H21N3O2. The second-order valence-corrected chi connectivity index (χ2v) is 3.93. The molecule has 2 N–H and O–H groups in total. The first-order valence-corrected chi connectivity index (χ1v) is 6.19. The Balaban J connectivity index is 2.51. The van der Waals surface area contributed by atoms with Crippen LogP contribution in [0.15, 0.2) is 12.3 Å². The summed E-state index contributed by atoms with van der Waals surface area (Å²) in [6.07, 6.45) is 2.41. The number of nitrogens with one attached hydrogen (secondary N) is 2. The molecule has 0 aliphatic heterocycles. The number of aromatic nitrogens is 1. The average molecular weight is 251 g/mol. The third kappa shape index (κ3) is 4.33. The first-order chi connectivity index (χ1) is 8.69. The number of carbonyl (C=O) groups is 1. The van der Waals surface area contributed by atoms with Gasteiger partial charge in [0.05, 0.1) is 11.3 Å². The monoisotopic (exact) mass is 251 g/mol. The highest BCUT2D eigenvalue weighted by Gasteiger charge is 2.10. The molecule has 0 fully saturated rings. The molecule has 5 nitrogen and oxygen atoms in total. The van der Waals surface area contributed by atoms with Crippen LogP contribution in [0.1, 0.15) is 29.4 Å². The van der Waals surface area contributed by atoms with Gasteiger partial charge < -0.3 is 15.4 Å². The van der Waals surface area contributed by atoms with E-state index in [2.05, 4.69) is 15.6 Å². The maximum Gasteiger partial charge on any atom is 0.254 e. The van der Waals surface area contributed by atoms with Gasteiger partial charge in [0.25, 0.3) is 5.91 Å². The molecule has 0 aliphatic carbocycles. The largest absolute Gasteiger partial charge is 0.387 e. The van der Waals surface area contributed by atoms with Gasteiger partial charge in [-0.25, -0.2) is 0 Å². The predicted molar refractivity (Wildman–Crippen MR) is 72.0 cm³/mol. The number of pyridine rings is 1. The molecule has 0 atom stereocenters. The quantitative estimate of drug-likeness (QED) is 0.722. The Morgan fingerprint density at radius 2 is 2.28 bits per heavy atom. The number of amides is 1. The Labute approximate surface area is 108 Å². The molecule has 1 amide bonds. The molecule has 1 aromatic heterocycles. The van der Waals surface area contributed by atoms with Gasteiger partial charge in [-0.2, -0.15) is 0 Å². The van der Waals surface area contributed by atoms with Crippen molar-refractivity contribution < 1.29 is 9.53 Å². The summed E-state index contributed by atoms with van der Waals surface area (Å²) in [4.78, 5) is 16.1. The molecule has 1 rings (SSSR count). The van der Waals surface area contributed by atoms with E-state index in [0.717, 1.165) is 17.8 Å². The molecule has 0 unspecified atom stereocenters. The van der Waals surface area contributed by atoms with Crippen LogP contribution in [0.4, 0.5) is 5.69 Å². The zero-order valence-electron chi connectivity index (χ0n) is 11.2. The van der Waals surface area contributed by atoms with Crippen LogP contribution in [-0.2, 0) is 4.74 Å². The Morgan fingerprint density at radius 1 is 1.50 bits per heavy atom. The molecule has 0 bridgehead atoms. The summed E-state index contributed by atoms with van der Waals surface area (Å²) in [5, 5.41) is 5.86. The first kappa shape index (κ1) is 14.4. The standard InChI is InChI=1S/C13H21N3O2/c1-4-18-7-5-6-15-13(17)11-9-16-10(2)8-12(11)14-3/h8-9H,4-7H2,1-3H3,(H,14,16)(H,15,17). The van der Waals surface area contributed by atoms with Crippen molar-refractivity contribution in [2.24, 2.45) is 0 Å². The zero-order valence-corrected chi connectivity index (χ0v) is 11.2. The van der Waals surface area contributed by atoms with Crippen LogP contribution < -0.4 is 10.6 Å². The van der Waals surface area contributed by atoms with E-state index in [9.17, 15) is 4.79 Å². The van der Waals surface area contributed by atoms with Crippen molar-refractivity contribution in [3.63, 3.8) is 0 Å². The van der Waals surface area contributed by atoms with Gasteiger partial charge in [-0.1, -0.05) is 0 Å². The molecule has 100 valence electrons. The lowest BCUT2D eigenvalue weighted by atomic mass is 10.2. The van der Waals surface area contributed by atoms with Crippen LogP contribution in [0.3, 0.4) is 0 Å². The highest BCUT2D eigenvalue weighted by atomic mass is 16.5. The minimum absolute atomic E-state index is 0.108. The van der Waals surface area contributed by atoms with Crippen LogP contribution in [0.5, 0.6) is 0 Å². The van der Waals surface area contributed by atoms with E-state index in [1.807, 2.05) is 19.9 Å². The Morgan fingerprint density at radius 3 is 2.94 bits per heavy atom. The SMILES string of the molecule is CCOCCCNC(=O)c1cnc(C)cc1NC. The van der Waals surface area contributed by atoms with Gasteiger partial charge in [0.2, 0.25) is 0 Å². The fraction of sp³-hybridized carbons (Fsp3) is 0.538. The number of ether oxygens (including phenoxy) is 1. The molecule has 0 aliphatic rings. The number of aryl methyl sites for hydroxylation is 1. The van der Waals surface area contributed by atoms with Crippen molar-refractivity contribution in [3.8, 4) is 0 Å². The Hall–Kier alpha value is -1.62. The van der Waals surface area contributed by atoms with Crippen molar-refractivity contribution in [1.82, 2.24) is 10.3 Å². The third-order valence-electron chi connectivity index (χ3n) is 2.51. The normalized spacial score (nSPS) is 10.2. The Kier molecular flexibility index (Phi) is 6.14. The first-order valence-electron chi connectivity index (χ1n) is 6.19. The van der Waals surface area contributed by atoms with E-state index in [-0.39, 0.29) is 5.91 Å². The summed E-state index contributed by atoms with van der Waals surface area (Å²) in [6.45, 7) is 5.83. The molecule has 1 heterocycles. The summed E-state index contributed by atoms with van der Waals surface area (Å²) in [5.41, 5.74) is 2.25. The number of rotatable bonds is 7. The van der Waals surface area contributed by atoms with Crippen molar-refractivity contribution in [1.29, 1.82) is 0 Å². The number of hydrogen-bond donors (Lipinski definition) is 2. The van der Waals surface area contributed by atoms with Gasteiger partial charge >= 0.3 is 0 Å². The van der Waals surface area contributed by atoms with E-state index < -0.39 is 0 Å². The number of anilines is 1. The van der Waals surface area contributed by atoms with Gasteiger partial charge in [0.1, 0.15) is 0 Å². The van der Waals surface area contributed by atoms with Gasteiger partial charge in [-0.3, -0.25) is 9.78 Å². The summed E-state index contributed by atoms with van der Waals surface area (Å²) in [7, 11) is 1.79. The number of nitrogens with zero attached hydrogens (tertiary/aromatic N) is 1. The fourth-order valence-electron chi connectivity index (χ4n) is 1.56. The highest BCUT2D eigenvalue weighted by Crippen LogP contribution is 2.14. The average Bonchev–Trinajstić information content (AvgIpc) is 2.38. The molecule has 5 heteroatoms. The molecule has 0 saturated heterocycles. The highest BCUT2D eigenvalue weighted by molar-refractivity contribution is 5.99. The lowest BCUT2D eigenvalue weighted by Crippen LogP contribution is -2.26. The van der Waals surface area contributed by atoms with Crippen LogP contribution >= 0.6 is 0 Å².